The summed E-state index contributed by atoms with van der Waals surface area (Å²) in [5.74, 6) is 0. The third kappa shape index (κ3) is 1.09. The molecular weight excluding hydrogens is 188 g/mol. The summed E-state index contributed by atoms with van der Waals surface area (Å²) in [4.78, 5) is 0. The van der Waals surface area contributed by atoms with Crippen molar-refractivity contribution in [3.63, 3.8) is 0 Å². The first kappa shape index (κ1) is 7.53. The van der Waals surface area contributed by atoms with E-state index in [4.69, 9.17) is 0 Å². The van der Waals surface area contributed by atoms with Crippen molar-refractivity contribution in [2.24, 2.45) is 0 Å². The molecule has 2 heteroatoms. The number of hydrogen-bond acceptors (Lipinski definition) is 0. The van der Waals surface area contributed by atoms with Crippen LogP contribution in [0.2, 0.25) is 0 Å². The van der Waals surface area contributed by atoms with E-state index in [0.29, 0.717) is 0 Å². The van der Waals surface area contributed by atoms with Gasteiger partial charge in [-0.1, -0.05) is 34.9 Å². The van der Waals surface area contributed by atoms with Gasteiger partial charge in [0.25, 0.3) is 0 Å². The van der Waals surface area contributed by atoms with Crippen molar-refractivity contribution in [3.05, 3.63) is 45.8 Å². The number of allylic oxidation sites excluding steroid dienone is 6. The molecule has 1 fully saturated rings. The second kappa shape index (κ2) is 2.82. The maximum absolute atomic E-state index is 2.39. The third-order valence-corrected chi connectivity index (χ3v) is 4.32. The molecular formula is C11H8Si2. The van der Waals surface area contributed by atoms with Crippen molar-refractivity contribution < 1.29 is 0 Å². The Morgan fingerprint density at radius 2 is 1.38 bits per heavy atom. The summed E-state index contributed by atoms with van der Waals surface area (Å²) in [6.07, 6.45) is 5.77. The molecule has 2 heterocycles. The summed E-state index contributed by atoms with van der Waals surface area (Å²) >= 11 is 0. The number of hydrogen-bond donors (Lipinski definition) is 0. The van der Waals surface area contributed by atoms with Gasteiger partial charge < -0.3 is 0 Å². The molecule has 0 aromatic heterocycles. The van der Waals surface area contributed by atoms with Crippen LogP contribution in [0.5, 0.6) is 0 Å². The van der Waals surface area contributed by atoms with E-state index < -0.39 is 0 Å². The van der Waals surface area contributed by atoms with E-state index in [0.717, 1.165) is 18.3 Å². The van der Waals surface area contributed by atoms with Crippen LogP contribution in [-0.4, -0.2) is 29.6 Å². The van der Waals surface area contributed by atoms with Crippen LogP contribution in [0.25, 0.3) is 0 Å². The van der Waals surface area contributed by atoms with E-state index in [1.165, 1.54) is 17.6 Å². The molecule has 1 saturated carbocycles. The Balaban J connectivity index is 2.22. The van der Waals surface area contributed by atoms with Crippen molar-refractivity contribution in [1.29, 1.82) is 0 Å². The fourth-order valence-corrected chi connectivity index (χ4v) is 3.59. The maximum atomic E-state index is 2.39. The lowest BCUT2D eigenvalue weighted by Crippen LogP contribution is -1.95. The molecule has 2 radical (unpaired) electrons. The van der Waals surface area contributed by atoms with E-state index in [2.05, 4.69) is 34.9 Å². The van der Waals surface area contributed by atoms with Gasteiger partial charge in [-0.15, -0.1) is 0 Å². The van der Waals surface area contributed by atoms with Gasteiger partial charge in [0.15, 0.2) is 0 Å². The highest BCUT2D eigenvalue weighted by Crippen LogP contribution is 2.40. The largest absolute Gasteiger partial charge is 0.0766 e. The SMILES string of the molecule is C1=[Si]C=C2CC3=C[Si]=CC=C3C2=C1. The molecule has 0 nitrogen and oxygen atoms in total. The molecule has 0 unspecified atom stereocenters. The van der Waals surface area contributed by atoms with Gasteiger partial charge in [-0.2, -0.15) is 0 Å². The van der Waals surface area contributed by atoms with Crippen LogP contribution in [0.1, 0.15) is 6.42 Å². The predicted octanol–water partition coefficient (Wildman–Crippen LogP) is 1.05. The Hall–Kier alpha value is -0.866. The molecule has 1 aliphatic carbocycles. The van der Waals surface area contributed by atoms with E-state index in [-0.39, 0.29) is 0 Å². The van der Waals surface area contributed by atoms with Crippen molar-refractivity contribution in [3.8, 4) is 0 Å². The third-order valence-electron chi connectivity index (χ3n) is 2.57. The van der Waals surface area contributed by atoms with Crippen molar-refractivity contribution in [1.82, 2.24) is 0 Å². The molecule has 0 aromatic carbocycles. The summed E-state index contributed by atoms with van der Waals surface area (Å²) in [6.45, 7) is 0. The normalized spacial score (nSPS) is 22.8. The van der Waals surface area contributed by atoms with Gasteiger partial charge in [-0.25, -0.2) is 0 Å². The molecule has 3 aliphatic rings. The monoisotopic (exact) mass is 196 g/mol. The van der Waals surface area contributed by atoms with Crippen LogP contribution in [0.15, 0.2) is 45.8 Å². The minimum atomic E-state index is 0.892. The molecule has 0 aromatic rings. The van der Waals surface area contributed by atoms with Gasteiger partial charge in [0.05, 0.1) is 18.3 Å². The second-order valence-corrected chi connectivity index (χ2v) is 5.25. The highest BCUT2D eigenvalue weighted by Gasteiger charge is 2.23. The number of fused-ring (bicyclic) bond motifs is 3. The van der Waals surface area contributed by atoms with E-state index >= 15 is 0 Å². The Morgan fingerprint density at radius 1 is 0.846 bits per heavy atom. The van der Waals surface area contributed by atoms with Crippen LogP contribution in [0, 0.1) is 0 Å². The van der Waals surface area contributed by atoms with E-state index in [1.807, 2.05) is 0 Å². The molecule has 0 bridgehead atoms. The molecule has 2 aliphatic heterocycles. The average Bonchev–Trinajstić information content (AvgIpc) is 2.56. The minimum Gasteiger partial charge on any atom is -0.0766 e. The smallest absolute Gasteiger partial charge is 0.0508 e. The zero-order valence-corrected chi connectivity index (χ0v) is 9.17. The molecule has 3 rings (SSSR count). The number of rotatable bonds is 0. The van der Waals surface area contributed by atoms with Gasteiger partial charge >= 0.3 is 0 Å². The van der Waals surface area contributed by atoms with E-state index in [9.17, 15) is 0 Å². The summed E-state index contributed by atoms with van der Waals surface area (Å²) in [6, 6.07) is 0. The standard InChI is InChI=1S/C11H8Si2/c1-3-12-6-8-5-9-7-13-4-2-11(9)10(1)8/h1-4,6-7H,5H2. The van der Waals surface area contributed by atoms with Gasteiger partial charge in [0, 0.05) is 0 Å². The molecule has 0 atom stereocenters. The molecule has 13 heavy (non-hydrogen) atoms. The van der Waals surface area contributed by atoms with Crippen molar-refractivity contribution in [2.45, 2.75) is 6.42 Å². The quantitative estimate of drug-likeness (QED) is 0.508. The lowest BCUT2D eigenvalue weighted by atomic mass is 10.1. The van der Waals surface area contributed by atoms with Gasteiger partial charge in [-0.3, -0.25) is 0 Å². The predicted molar refractivity (Wildman–Crippen MR) is 60.6 cm³/mol. The molecule has 0 spiro atoms. The zero-order valence-electron chi connectivity index (χ0n) is 7.17. The van der Waals surface area contributed by atoms with Crippen LogP contribution in [0.4, 0.5) is 0 Å². The summed E-state index contributed by atoms with van der Waals surface area (Å²) < 4.78 is 0. The van der Waals surface area contributed by atoms with Crippen molar-refractivity contribution >= 4 is 29.6 Å². The van der Waals surface area contributed by atoms with Crippen LogP contribution >= 0.6 is 0 Å². The molecule has 0 N–H and O–H groups in total. The Labute approximate surface area is 82.2 Å². The van der Waals surface area contributed by atoms with Crippen LogP contribution < -0.4 is 0 Å². The topological polar surface area (TPSA) is 0 Å². The maximum Gasteiger partial charge on any atom is 0.0508 e. The Morgan fingerprint density at radius 3 is 1.92 bits per heavy atom. The first-order chi connectivity index (χ1) is 6.45. The fourth-order valence-electron chi connectivity index (χ4n) is 1.95. The van der Waals surface area contributed by atoms with Crippen LogP contribution in [0.3, 0.4) is 0 Å². The lowest BCUT2D eigenvalue weighted by Gasteiger charge is -2.04. The highest BCUT2D eigenvalue weighted by molar-refractivity contribution is 6.56. The van der Waals surface area contributed by atoms with Gasteiger partial charge in [0.2, 0.25) is 0 Å². The van der Waals surface area contributed by atoms with Gasteiger partial charge in [0.1, 0.15) is 0 Å². The van der Waals surface area contributed by atoms with E-state index in [1.54, 1.807) is 11.1 Å². The Bertz CT molecular complexity index is 401. The summed E-state index contributed by atoms with van der Waals surface area (Å²) in [5.41, 5.74) is 15.4. The lowest BCUT2D eigenvalue weighted by molar-refractivity contribution is 1.28. The average molecular weight is 196 g/mol. The van der Waals surface area contributed by atoms with Crippen molar-refractivity contribution in [2.75, 3.05) is 0 Å². The first-order valence-corrected chi connectivity index (χ1v) is 6.74. The summed E-state index contributed by atoms with van der Waals surface area (Å²) in [7, 11) is 1.78. The second-order valence-electron chi connectivity index (χ2n) is 3.34. The summed E-state index contributed by atoms with van der Waals surface area (Å²) in [5, 5.41) is 0. The molecule has 60 valence electrons. The molecule has 0 saturated heterocycles. The fraction of sp³-hybridized carbons (Fsp3) is 0.0909. The molecule has 0 amide bonds. The minimum absolute atomic E-state index is 0.892. The van der Waals surface area contributed by atoms with Crippen LogP contribution in [-0.2, 0) is 0 Å². The first-order valence-electron chi connectivity index (χ1n) is 4.43. The van der Waals surface area contributed by atoms with Gasteiger partial charge in [-0.05, 0) is 28.7 Å². The zero-order chi connectivity index (χ0) is 8.67. The highest BCUT2D eigenvalue weighted by atomic mass is 28.2. The Kier molecular flexibility index (Phi) is 1.63.